The molecule has 0 bridgehead atoms. The fourth-order valence-corrected chi connectivity index (χ4v) is 2.88. The first kappa shape index (κ1) is 14.5. The Morgan fingerprint density at radius 2 is 2.05 bits per heavy atom. The largest absolute Gasteiger partial charge is 0.494 e. The Bertz CT molecular complexity index is 865. The monoisotopic (exact) mass is 314 g/mol. The zero-order chi connectivity index (χ0) is 15.5. The molecule has 6 heteroatoms. The number of benzene rings is 1. The average Bonchev–Trinajstić information content (AvgIpc) is 3.00. The SMILES string of the molecule is CCOc1ccc(C(=O)Cn2cnc3sccc3c2=O)cc1. The van der Waals surface area contributed by atoms with Gasteiger partial charge in [-0.05, 0) is 42.6 Å². The highest BCUT2D eigenvalue weighted by atomic mass is 32.1. The number of thiophene rings is 1. The molecule has 0 atom stereocenters. The Labute approximate surface area is 130 Å². The summed E-state index contributed by atoms with van der Waals surface area (Å²) in [7, 11) is 0. The van der Waals surface area contributed by atoms with Gasteiger partial charge in [0.15, 0.2) is 5.78 Å². The summed E-state index contributed by atoms with van der Waals surface area (Å²) >= 11 is 1.41. The van der Waals surface area contributed by atoms with E-state index in [1.807, 2.05) is 12.3 Å². The summed E-state index contributed by atoms with van der Waals surface area (Å²) in [4.78, 5) is 29.4. The number of hydrogen-bond acceptors (Lipinski definition) is 5. The van der Waals surface area contributed by atoms with E-state index in [1.54, 1.807) is 30.3 Å². The Balaban J connectivity index is 1.83. The number of carbonyl (C=O) groups is 1. The van der Waals surface area contributed by atoms with Crippen molar-refractivity contribution in [1.29, 1.82) is 0 Å². The molecule has 0 spiro atoms. The molecule has 0 N–H and O–H groups in total. The molecule has 3 rings (SSSR count). The lowest BCUT2D eigenvalue weighted by Crippen LogP contribution is -2.24. The number of ether oxygens (including phenoxy) is 1. The van der Waals surface area contributed by atoms with Crippen molar-refractivity contribution in [3.05, 3.63) is 58.0 Å². The molecule has 0 radical (unpaired) electrons. The summed E-state index contributed by atoms with van der Waals surface area (Å²) in [6.07, 6.45) is 1.42. The second kappa shape index (κ2) is 6.11. The highest BCUT2D eigenvalue weighted by molar-refractivity contribution is 7.16. The molecule has 22 heavy (non-hydrogen) atoms. The molecule has 0 aliphatic rings. The number of ketones is 1. The molecule has 112 valence electrons. The van der Waals surface area contributed by atoms with Crippen LogP contribution in [-0.4, -0.2) is 21.9 Å². The third-order valence-corrected chi connectivity index (χ3v) is 4.07. The van der Waals surface area contributed by atoms with Gasteiger partial charge in [-0.3, -0.25) is 14.2 Å². The normalized spacial score (nSPS) is 10.8. The second-order valence-electron chi connectivity index (χ2n) is 4.70. The van der Waals surface area contributed by atoms with Gasteiger partial charge in [-0.2, -0.15) is 0 Å². The van der Waals surface area contributed by atoms with E-state index < -0.39 is 0 Å². The standard InChI is InChI=1S/C16H14N2O3S/c1-2-21-12-5-3-11(4-6-12)14(19)9-18-10-17-15-13(16(18)20)7-8-22-15/h3-8,10H,2,9H2,1H3. The number of aromatic nitrogens is 2. The van der Waals surface area contributed by atoms with Crippen LogP contribution in [0, 0.1) is 0 Å². The van der Waals surface area contributed by atoms with Gasteiger partial charge in [-0.1, -0.05) is 0 Å². The molecule has 0 saturated carbocycles. The quantitative estimate of drug-likeness (QED) is 0.679. The summed E-state index contributed by atoms with van der Waals surface area (Å²) in [5.74, 6) is 0.583. The van der Waals surface area contributed by atoms with E-state index in [1.165, 1.54) is 22.2 Å². The van der Waals surface area contributed by atoms with Gasteiger partial charge >= 0.3 is 0 Å². The number of Topliss-reactive ketones (excluding diaryl/α,β-unsaturated/α-hetero) is 1. The maximum absolute atomic E-state index is 12.3. The molecule has 2 aromatic heterocycles. The third kappa shape index (κ3) is 2.78. The van der Waals surface area contributed by atoms with Crippen LogP contribution in [-0.2, 0) is 6.54 Å². The topological polar surface area (TPSA) is 61.2 Å². The lowest BCUT2D eigenvalue weighted by Gasteiger charge is -2.06. The Kier molecular flexibility index (Phi) is 4.02. The van der Waals surface area contributed by atoms with Crippen LogP contribution in [0.15, 0.2) is 46.8 Å². The third-order valence-electron chi connectivity index (χ3n) is 3.25. The smallest absolute Gasteiger partial charge is 0.262 e. The lowest BCUT2D eigenvalue weighted by molar-refractivity contribution is 0.0970. The average molecular weight is 314 g/mol. The Morgan fingerprint density at radius 3 is 2.77 bits per heavy atom. The predicted molar refractivity (Wildman–Crippen MR) is 85.8 cm³/mol. The Hall–Kier alpha value is -2.47. The summed E-state index contributed by atoms with van der Waals surface area (Å²) in [6, 6.07) is 8.64. The van der Waals surface area contributed by atoms with Crippen molar-refractivity contribution >= 4 is 27.3 Å². The fraction of sp³-hybridized carbons (Fsp3) is 0.188. The van der Waals surface area contributed by atoms with Crippen molar-refractivity contribution in [2.45, 2.75) is 13.5 Å². The molecule has 0 unspecified atom stereocenters. The highest BCUT2D eigenvalue weighted by Gasteiger charge is 2.11. The van der Waals surface area contributed by atoms with Crippen LogP contribution in [0.3, 0.4) is 0 Å². The van der Waals surface area contributed by atoms with Crippen molar-refractivity contribution in [3.8, 4) is 5.75 Å². The molecule has 3 aromatic rings. The van der Waals surface area contributed by atoms with Gasteiger partial charge in [0, 0.05) is 5.56 Å². The Morgan fingerprint density at radius 1 is 1.27 bits per heavy atom. The molecule has 0 saturated heterocycles. The number of fused-ring (bicyclic) bond motifs is 1. The van der Waals surface area contributed by atoms with Crippen LogP contribution in [0.25, 0.3) is 10.2 Å². The van der Waals surface area contributed by atoms with E-state index in [9.17, 15) is 9.59 Å². The van der Waals surface area contributed by atoms with Crippen molar-refractivity contribution in [2.24, 2.45) is 0 Å². The van der Waals surface area contributed by atoms with Gasteiger partial charge in [-0.25, -0.2) is 4.98 Å². The minimum Gasteiger partial charge on any atom is -0.494 e. The molecule has 0 aliphatic heterocycles. The van der Waals surface area contributed by atoms with Crippen LogP contribution in [0.2, 0.25) is 0 Å². The van der Waals surface area contributed by atoms with Crippen molar-refractivity contribution in [3.63, 3.8) is 0 Å². The van der Waals surface area contributed by atoms with Crippen LogP contribution in [0.4, 0.5) is 0 Å². The molecule has 0 amide bonds. The van der Waals surface area contributed by atoms with Gasteiger partial charge in [0.2, 0.25) is 0 Å². The van der Waals surface area contributed by atoms with Crippen molar-refractivity contribution < 1.29 is 9.53 Å². The molecule has 1 aromatic carbocycles. The molecule has 0 aliphatic carbocycles. The molecule has 0 fully saturated rings. The lowest BCUT2D eigenvalue weighted by atomic mass is 10.1. The predicted octanol–water partition coefficient (Wildman–Crippen LogP) is 2.74. The van der Waals surface area contributed by atoms with Crippen LogP contribution in [0.1, 0.15) is 17.3 Å². The van der Waals surface area contributed by atoms with Gasteiger partial charge in [0.05, 0.1) is 24.9 Å². The first-order chi connectivity index (χ1) is 10.7. The van der Waals surface area contributed by atoms with Crippen molar-refractivity contribution in [1.82, 2.24) is 9.55 Å². The molecule has 2 heterocycles. The molecular formula is C16H14N2O3S. The van der Waals surface area contributed by atoms with E-state index in [0.717, 1.165) is 5.75 Å². The second-order valence-corrected chi connectivity index (χ2v) is 5.59. The molecule has 5 nitrogen and oxygen atoms in total. The van der Waals surface area contributed by atoms with E-state index in [4.69, 9.17) is 4.74 Å². The van der Waals surface area contributed by atoms with Gasteiger partial charge < -0.3 is 4.74 Å². The highest BCUT2D eigenvalue weighted by Crippen LogP contribution is 2.15. The zero-order valence-electron chi connectivity index (χ0n) is 12.0. The van der Waals surface area contributed by atoms with Crippen LogP contribution < -0.4 is 10.3 Å². The van der Waals surface area contributed by atoms with E-state index in [2.05, 4.69) is 4.98 Å². The summed E-state index contributed by atoms with van der Waals surface area (Å²) in [5, 5.41) is 2.37. The number of nitrogens with zero attached hydrogens (tertiary/aromatic N) is 2. The van der Waals surface area contributed by atoms with E-state index in [-0.39, 0.29) is 17.9 Å². The summed E-state index contributed by atoms with van der Waals surface area (Å²) in [5.41, 5.74) is 0.353. The molecular weight excluding hydrogens is 300 g/mol. The van der Waals surface area contributed by atoms with Crippen LogP contribution >= 0.6 is 11.3 Å². The fourth-order valence-electron chi connectivity index (χ4n) is 2.16. The van der Waals surface area contributed by atoms with E-state index in [0.29, 0.717) is 22.4 Å². The van der Waals surface area contributed by atoms with Gasteiger partial charge in [0.25, 0.3) is 5.56 Å². The van der Waals surface area contributed by atoms with Crippen LogP contribution in [0.5, 0.6) is 5.75 Å². The van der Waals surface area contributed by atoms with Crippen molar-refractivity contribution in [2.75, 3.05) is 6.61 Å². The first-order valence-electron chi connectivity index (χ1n) is 6.87. The first-order valence-corrected chi connectivity index (χ1v) is 7.75. The zero-order valence-corrected chi connectivity index (χ0v) is 12.8. The van der Waals surface area contributed by atoms with E-state index >= 15 is 0 Å². The summed E-state index contributed by atoms with van der Waals surface area (Å²) in [6.45, 7) is 2.46. The van der Waals surface area contributed by atoms with Gasteiger partial charge in [0.1, 0.15) is 10.6 Å². The maximum atomic E-state index is 12.3. The number of rotatable bonds is 5. The number of hydrogen-bond donors (Lipinski definition) is 0. The maximum Gasteiger partial charge on any atom is 0.262 e. The minimum atomic E-state index is -0.189. The van der Waals surface area contributed by atoms with Gasteiger partial charge in [-0.15, -0.1) is 11.3 Å². The minimum absolute atomic E-state index is 0.0222. The number of carbonyl (C=O) groups excluding carboxylic acids is 1. The summed E-state index contributed by atoms with van der Waals surface area (Å²) < 4.78 is 6.68.